The minimum atomic E-state index is -1.28. The lowest BCUT2D eigenvalue weighted by Crippen LogP contribution is -2.28. The van der Waals surface area contributed by atoms with Gasteiger partial charge >= 0.3 is 17.9 Å². The molecule has 0 saturated carbocycles. The van der Waals surface area contributed by atoms with Crippen LogP contribution in [0.5, 0.6) is 11.5 Å². The van der Waals surface area contributed by atoms with Crippen molar-refractivity contribution in [2.45, 2.75) is 6.61 Å². The Morgan fingerprint density at radius 3 is 2.24 bits per heavy atom. The predicted octanol–water partition coefficient (Wildman–Crippen LogP) is 3.46. The Morgan fingerprint density at radius 1 is 0.912 bits per heavy atom. The smallest absolute Gasteiger partial charge is 0.355 e. The van der Waals surface area contributed by atoms with Gasteiger partial charge in [-0.3, -0.25) is 0 Å². The third-order valence-corrected chi connectivity index (χ3v) is 4.90. The number of benzene rings is 2. The van der Waals surface area contributed by atoms with Gasteiger partial charge in [0.15, 0.2) is 11.5 Å². The highest BCUT2D eigenvalue weighted by Crippen LogP contribution is 2.43. The topological polar surface area (TPSA) is 112 Å². The highest BCUT2D eigenvalue weighted by molar-refractivity contribution is 6.08. The minimum Gasteiger partial charge on any atom is -0.491 e. The Labute approximate surface area is 196 Å². The van der Waals surface area contributed by atoms with Gasteiger partial charge in [-0.05, 0) is 29.8 Å². The lowest BCUT2D eigenvalue weighted by molar-refractivity contribution is -0.139. The van der Waals surface area contributed by atoms with E-state index in [-0.39, 0.29) is 40.6 Å². The molecule has 1 aliphatic rings. The average Bonchev–Trinajstić information content (AvgIpc) is 3.09. The largest absolute Gasteiger partial charge is 0.491 e. The Balaban J connectivity index is 2.23. The molecule has 0 fully saturated rings. The van der Waals surface area contributed by atoms with Gasteiger partial charge in [-0.1, -0.05) is 36.4 Å². The van der Waals surface area contributed by atoms with Gasteiger partial charge in [0.05, 0.1) is 32.5 Å². The van der Waals surface area contributed by atoms with Gasteiger partial charge in [-0.15, -0.1) is 0 Å². The Morgan fingerprint density at radius 2 is 1.62 bits per heavy atom. The van der Waals surface area contributed by atoms with Crippen molar-refractivity contribution in [1.29, 1.82) is 0 Å². The average molecular weight is 465 g/mol. The molecule has 1 N–H and O–H groups in total. The zero-order chi connectivity index (χ0) is 24.7. The molecule has 0 aromatic heterocycles. The lowest BCUT2D eigenvalue weighted by Gasteiger charge is -2.27. The zero-order valence-corrected chi connectivity index (χ0v) is 18.8. The molecule has 0 amide bonds. The first kappa shape index (κ1) is 24.1. The molecule has 9 heteroatoms. The number of carboxylic acids is 1. The summed E-state index contributed by atoms with van der Waals surface area (Å²) in [5.41, 5.74) is 0.285. The molecule has 1 heterocycles. The summed E-state index contributed by atoms with van der Waals surface area (Å²) in [5, 5.41) is 9.90. The number of carboxylic acid groups (broad SMARTS) is 1. The van der Waals surface area contributed by atoms with Crippen LogP contribution in [0.3, 0.4) is 0 Å². The highest BCUT2D eigenvalue weighted by atomic mass is 16.5. The molecule has 1 aliphatic heterocycles. The zero-order valence-electron chi connectivity index (χ0n) is 18.8. The first-order valence-electron chi connectivity index (χ1n) is 10.1. The molecule has 34 heavy (non-hydrogen) atoms. The standard InChI is InChI=1S/C25H23NO8/c1-31-22-19(34-15-16-9-5-4-6-10-16)13-12-17(23(27)28)20(22)26-14-8-7-11-18(24(29)32-2)21(26)25(30)33-3/h4-14H,15H2,1-3H3,(H,27,28). The van der Waals surface area contributed by atoms with Gasteiger partial charge in [0.1, 0.15) is 18.0 Å². The number of methoxy groups -OCH3 is 3. The van der Waals surface area contributed by atoms with E-state index >= 15 is 0 Å². The molecular weight excluding hydrogens is 442 g/mol. The Hall–Kier alpha value is -4.53. The molecule has 0 spiro atoms. The van der Waals surface area contributed by atoms with Crippen LogP contribution < -0.4 is 14.4 Å². The van der Waals surface area contributed by atoms with E-state index < -0.39 is 17.9 Å². The van der Waals surface area contributed by atoms with Crippen LogP contribution in [0.25, 0.3) is 0 Å². The Bertz CT molecular complexity index is 1180. The van der Waals surface area contributed by atoms with E-state index in [2.05, 4.69) is 0 Å². The maximum absolute atomic E-state index is 12.8. The van der Waals surface area contributed by atoms with Gasteiger partial charge in [-0.2, -0.15) is 0 Å². The number of esters is 2. The number of hydrogen-bond donors (Lipinski definition) is 1. The van der Waals surface area contributed by atoms with Gasteiger partial charge in [0.25, 0.3) is 0 Å². The predicted molar refractivity (Wildman–Crippen MR) is 123 cm³/mol. The maximum Gasteiger partial charge on any atom is 0.355 e. The summed E-state index contributed by atoms with van der Waals surface area (Å²) in [5.74, 6) is -2.69. The molecule has 176 valence electrons. The van der Waals surface area contributed by atoms with Crippen molar-refractivity contribution in [3.05, 3.63) is 89.3 Å². The van der Waals surface area contributed by atoms with Crippen LogP contribution in [0, 0.1) is 0 Å². The van der Waals surface area contributed by atoms with Crippen molar-refractivity contribution in [2.75, 3.05) is 26.2 Å². The van der Waals surface area contributed by atoms with Crippen LogP contribution in [0.2, 0.25) is 0 Å². The van der Waals surface area contributed by atoms with E-state index in [0.29, 0.717) is 0 Å². The molecule has 0 radical (unpaired) electrons. The van der Waals surface area contributed by atoms with Crippen LogP contribution in [0.15, 0.2) is 78.2 Å². The third-order valence-electron chi connectivity index (χ3n) is 4.90. The highest BCUT2D eigenvalue weighted by Gasteiger charge is 2.33. The van der Waals surface area contributed by atoms with E-state index in [4.69, 9.17) is 18.9 Å². The normalized spacial score (nSPS) is 12.7. The molecule has 0 aliphatic carbocycles. The second-order valence-corrected chi connectivity index (χ2v) is 6.89. The summed E-state index contributed by atoms with van der Waals surface area (Å²) in [6.07, 6.45) is 5.83. The number of carbonyl (C=O) groups is 3. The molecular formula is C25H23NO8. The van der Waals surface area contributed by atoms with Gasteiger partial charge < -0.3 is 29.0 Å². The number of nitrogens with zero attached hydrogens (tertiary/aromatic N) is 1. The summed E-state index contributed by atoms with van der Waals surface area (Å²) < 4.78 is 21.2. The Kier molecular flexibility index (Phi) is 7.71. The molecule has 0 bridgehead atoms. The number of carbonyl (C=O) groups excluding carboxylic acids is 2. The van der Waals surface area contributed by atoms with Gasteiger partial charge in [0.2, 0.25) is 0 Å². The molecule has 0 atom stereocenters. The van der Waals surface area contributed by atoms with Crippen molar-refractivity contribution in [1.82, 2.24) is 0 Å². The number of hydrogen-bond acceptors (Lipinski definition) is 8. The van der Waals surface area contributed by atoms with Crippen LogP contribution in [-0.2, 0) is 25.7 Å². The molecule has 9 nitrogen and oxygen atoms in total. The van der Waals surface area contributed by atoms with Gasteiger partial charge in [0, 0.05) is 6.20 Å². The third kappa shape index (κ3) is 4.93. The van der Waals surface area contributed by atoms with Crippen LogP contribution in [0.1, 0.15) is 15.9 Å². The van der Waals surface area contributed by atoms with E-state index in [9.17, 15) is 19.5 Å². The fourth-order valence-electron chi connectivity index (χ4n) is 3.35. The fraction of sp³-hybridized carbons (Fsp3) is 0.160. The van der Waals surface area contributed by atoms with Crippen molar-refractivity contribution in [3.63, 3.8) is 0 Å². The first-order chi connectivity index (χ1) is 16.4. The summed E-state index contributed by atoms with van der Waals surface area (Å²) in [7, 11) is 3.67. The number of ether oxygens (including phenoxy) is 4. The summed E-state index contributed by atoms with van der Waals surface area (Å²) in [6.45, 7) is 0.188. The quantitative estimate of drug-likeness (QED) is 0.586. The number of anilines is 1. The van der Waals surface area contributed by atoms with Crippen LogP contribution in [-0.4, -0.2) is 44.3 Å². The van der Waals surface area contributed by atoms with E-state index in [1.165, 1.54) is 55.7 Å². The van der Waals surface area contributed by atoms with Crippen LogP contribution in [0.4, 0.5) is 5.69 Å². The first-order valence-corrected chi connectivity index (χ1v) is 10.1. The second kappa shape index (κ2) is 10.9. The minimum absolute atomic E-state index is 0.0256. The number of rotatable bonds is 8. The van der Waals surface area contributed by atoms with E-state index in [0.717, 1.165) is 12.7 Å². The molecule has 2 aromatic carbocycles. The second-order valence-electron chi connectivity index (χ2n) is 6.89. The van der Waals surface area contributed by atoms with Crippen molar-refractivity contribution >= 4 is 23.6 Å². The summed E-state index contributed by atoms with van der Waals surface area (Å²) >= 11 is 0. The monoisotopic (exact) mass is 465 g/mol. The van der Waals surface area contributed by atoms with Gasteiger partial charge in [-0.25, -0.2) is 14.4 Å². The van der Waals surface area contributed by atoms with Crippen molar-refractivity contribution in [2.24, 2.45) is 0 Å². The molecule has 0 unspecified atom stereocenters. The SMILES string of the molecule is COC(=O)C1=C(C(=O)OC)N(c2c(C(=O)O)ccc(OCc3ccccc3)c2OC)C=CC=C1. The van der Waals surface area contributed by atoms with E-state index in [1.54, 1.807) is 0 Å². The number of allylic oxidation sites excluding steroid dienone is 2. The van der Waals surface area contributed by atoms with Crippen molar-refractivity contribution < 1.29 is 38.4 Å². The van der Waals surface area contributed by atoms with E-state index in [1.807, 2.05) is 30.3 Å². The fourth-order valence-corrected chi connectivity index (χ4v) is 3.35. The maximum atomic E-state index is 12.8. The van der Waals surface area contributed by atoms with Crippen molar-refractivity contribution in [3.8, 4) is 11.5 Å². The number of aromatic carboxylic acids is 1. The summed E-state index contributed by atoms with van der Waals surface area (Å²) in [6, 6.07) is 12.2. The molecule has 2 aromatic rings. The van der Waals surface area contributed by atoms with Crippen LogP contribution >= 0.6 is 0 Å². The molecule has 0 saturated heterocycles. The molecule has 3 rings (SSSR count). The summed E-state index contributed by atoms with van der Waals surface area (Å²) in [4.78, 5) is 38.6. The lowest BCUT2D eigenvalue weighted by atomic mass is 10.1.